The van der Waals surface area contributed by atoms with Crippen LogP contribution < -0.4 is 0 Å². The quantitative estimate of drug-likeness (QED) is 0.622. The minimum atomic E-state index is -0.443. The van der Waals surface area contributed by atoms with E-state index in [9.17, 15) is 9.59 Å². The molecule has 3 heteroatoms. The maximum atomic E-state index is 11.7. The zero-order chi connectivity index (χ0) is 10.8. The molecule has 2 saturated carbocycles. The summed E-state index contributed by atoms with van der Waals surface area (Å²) in [5.41, 5.74) is 0. The summed E-state index contributed by atoms with van der Waals surface area (Å²) >= 11 is 0. The monoisotopic (exact) mass is 210 g/mol. The zero-order valence-corrected chi connectivity index (χ0v) is 9.20. The fraction of sp³-hybridized carbons (Fsp3) is 0.833. The van der Waals surface area contributed by atoms with Gasteiger partial charge in [-0.2, -0.15) is 0 Å². The number of hydrogen-bond acceptors (Lipinski definition) is 3. The number of rotatable bonds is 1. The molecule has 0 radical (unpaired) electrons. The van der Waals surface area contributed by atoms with E-state index in [1.165, 1.54) is 32.6 Å². The predicted molar refractivity (Wildman–Crippen MR) is 55.2 cm³/mol. The SMILES string of the molecule is CC(=O)O[C@@H]1C[C@H]2CCCC[C@@H]2CC1=O. The summed E-state index contributed by atoms with van der Waals surface area (Å²) in [5, 5.41) is 0. The number of ether oxygens (including phenoxy) is 1. The third-order valence-electron chi connectivity index (χ3n) is 3.71. The third-order valence-corrected chi connectivity index (χ3v) is 3.71. The molecule has 3 atom stereocenters. The van der Waals surface area contributed by atoms with Crippen LogP contribution in [-0.2, 0) is 14.3 Å². The highest BCUT2D eigenvalue weighted by Crippen LogP contribution is 2.39. The first-order valence-corrected chi connectivity index (χ1v) is 5.86. The van der Waals surface area contributed by atoms with Gasteiger partial charge in [0.15, 0.2) is 11.9 Å². The Morgan fingerprint density at radius 1 is 1.27 bits per heavy atom. The van der Waals surface area contributed by atoms with E-state index in [-0.39, 0.29) is 11.8 Å². The molecule has 0 saturated heterocycles. The normalized spacial score (nSPS) is 35.8. The summed E-state index contributed by atoms with van der Waals surface area (Å²) in [7, 11) is 0. The molecule has 0 heterocycles. The van der Waals surface area contributed by atoms with E-state index in [4.69, 9.17) is 4.74 Å². The first kappa shape index (κ1) is 10.7. The van der Waals surface area contributed by atoms with E-state index in [1.807, 2.05) is 0 Å². The minimum Gasteiger partial charge on any atom is -0.455 e. The average Bonchev–Trinajstić information content (AvgIpc) is 2.18. The van der Waals surface area contributed by atoms with Crippen molar-refractivity contribution in [3.05, 3.63) is 0 Å². The molecule has 3 nitrogen and oxygen atoms in total. The molecular formula is C12H18O3. The maximum absolute atomic E-state index is 11.7. The van der Waals surface area contributed by atoms with Crippen LogP contribution in [0.2, 0.25) is 0 Å². The first-order chi connectivity index (χ1) is 7.16. The van der Waals surface area contributed by atoms with Crippen molar-refractivity contribution in [2.24, 2.45) is 11.8 Å². The van der Waals surface area contributed by atoms with Gasteiger partial charge in [-0.05, 0) is 24.7 Å². The van der Waals surface area contributed by atoms with Gasteiger partial charge in [-0.25, -0.2) is 0 Å². The van der Waals surface area contributed by atoms with Crippen LogP contribution in [0.3, 0.4) is 0 Å². The summed E-state index contributed by atoms with van der Waals surface area (Å²) in [6, 6.07) is 0. The van der Waals surface area contributed by atoms with Gasteiger partial charge in [0, 0.05) is 13.3 Å². The largest absolute Gasteiger partial charge is 0.455 e. The predicted octanol–water partition coefficient (Wildman–Crippen LogP) is 2.09. The Labute approximate surface area is 90.2 Å². The lowest BCUT2D eigenvalue weighted by Gasteiger charge is -2.37. The van der Waals surface area contributed by atoms with Crippen LogP contribution in [0.1, 0.15) is 45.4 Å². The van der Waals surface area contributed by atoms with Crippen molar-refractivity contribution in [1.29, 1.82) is 0 Å². The van der Waals surface area contributed by atoms with E-state index in [0.717, 1.165) is 6.42 Å². The molecular weight excluding hydrogens is 192 g/mol. The number of ketones is 1. The van der Waals surface area contributed by atoms with E-state index >= 15 is 0 Å². The summed E-state index contributed by atoms with van der Waals surface area (Å²) in [6.07, 6.45) is 5.86. The Kier molecular flexibility index (Phi) is 3.08. The van der Waals surface area contributed by atoms with Gasteiger partial charge in [-0.1, -0.05) is 19.3 Å². The Balaban J connectivity index is 1.98. The van der Waals surface area contributed by atoms with Gasteiger partial charge in [0.25, 0.3) is 0 Å². The standard InChI is InChI=1S/C12H18O3/c1-8(13)15-12-7-10-5-3-2-4-9(10)6-11(12)14/h9-10,12H,2-7H2,1H3/t9-,10-,12-/m1/s1. The molecule has 84 valence electrons. The summed E-state index contributed by atoms with van der Waals surface area (Å²) < 4.78 is 5.06. The lowest BCUT2D eigenvalue weighted by molar-refractivity contribution is -0.157. The minimum absolute atomic E-state index is 0.133. The van der Waals surface area contributed by atoms with Crippen LogP contribution in [0.4, 0.5) is 0 Å². The van der Waals surface area contributed by atoms with Crippen molar-refractivity contribution in [3.8, 4) is 0 Å². The summed E-state index contributed by atoms with van der Waals surface area (Å²) in [6.45, 7) is 1.38. The van der Waals surface area contributed by atoms with E-state index in [2.05, 4.69) is 0 Å². The smallest absolute Gasteiger partial charge is 0.303 e. The molecule has 2 fully saturated rings. The topological polar surface area (TPSA) is 43.4 Å². The van der Waals surface area contributed by atoms with Crippen LogP contribution in [-0.4, -0.2) is 17.9 Å². The summed E-state index contributed by atoms with van der Waals surface area (Å²) in [5.74, 6) is 0.981. The van der Waals surface area contributed by atoms with Gasteiger partial charge in [-0.15, -0.1) is 0 Å². The van der Waals surface area contributed by atoms with Crippen molar-refractivity contribution in [2.75, 3.05) is 0 Å². The van der Waals surface area contributed by atoms with Crippen molar-refractivity contribution in [2.45, 2.75) is 51.6 Å². The van der Waals surface area contributed by atoms with Crippen molar-refractivity contribution < 1.29 is 14.3 Å². The molecule has 0 bridgehead atoms. The van der Waals surface area contributed by atoms with Gasteiger partial charge < -0.3 is 4.74 Å². The second kappa shape index (κ2) is 4.33. The lowest BCUT2D eigenvalue weighted by atomic mass is 9.69. The van der Waals surface area contributed by atoms with Crippen LogP contribution in [0.25, 0.3) is 0 Å². The maximum Gasteiger partial charge on any atom is 0.303 e. The number of carbonyl (C=O) groups is 2. The van der Waals surface area contributed by atoms with Crippen LogP contribution in [0, 0.1) is 11.8 Å². The zero-order valence-electron chi connectivity index (χ0n) is 9.20. The van der Waals surface area contributed by atoms with E-state index < -0.39 is 6.10 Å². The first-order valence-electron chi connectivity index (χ1n) is 5.86. The molecule has 15 heavy (non-hydrogen) atoms. The average molecular weight is 210 g/mol. The Morgan fingerprint density at radius 3 is 2.60 bits per heavy atom. The van der Waals surface area contributed by atoms with E-state index in [0.29, 0.717) is 18.3 Å². The van der Waals surface area contributed by atoms with Gasteiger partial charge in [0.05, 0.1) is 0 Å². The molecule has 2 rings (SSSR count). The number of esters is 1. The second-order valence-electron chi connectivity index (χ2n) is 4.81. The highest BCUT2D eigenvalue weighted by atomic mass is 16.5. The highest BCUT2D eigenvalue weighted by Gasteiger charge is 2.38. The van der Waals surface area contributed by atoms with Crippen molar-refractivity contribution in [1.82, 2.24) is 0 Å². The molecule has 2 aliphatic rings. The third kappa shape index (κ3) is 2.39. The molecule has 0 aliphatic heterocycles. The Hall–Kier alpha value is -0.860. The highest BCUT2D eigenvalue weighted by molar-refractivity contribution is 5.86. The summed E-state index contributed by atoms with van der Waals surface area (Å²) in [4.78, 5) is 22.6. The number of hydrogen-bond donors (Lipinski definition) is 0. The van der Waals surface area contributed by atoms with Gasteiger partial charge in [0.2, 0.25) is 0 Å². The second-order valence-corrected chi connectivity index (χ2v) is 4.81. The van der Waals surface area contributed by atoms with E-state index in [1.54, 1.807) is 0 Å². The van der Waals surface area contributed by atoms with Crippen LogP contribution in [0.15, 0.2) is 0 Å². The van der Waals surface area contributed by atoms with Crippen LogP contribution in [0.5, 0.6) is 0 Å². The molecule has 0 spiro atoms. The number of carbonyl (C=O) groups excluding carboxylic acids is 2. The Morgan fingerprint density at radius 2 is 1.93 bits per heavy atom. The van der Waals surface area contributed by atoms with Crippen LogP contribution >= 0.6 is 0 Å². The molecule has 0 aromatic carbocycles. The van der Waals surface area contributed by atoms with Gasteiger partial charge >= 0.3 is 5.97 Å². The lowest BCUT2D eigenvalue weighted by Crippen LogP contribution is -2.39. The number of Topliss-reactive ketones (excluding diaryl/α,β-unsaturated/α-hetero) is 1. The molecule has 0 aromatic rings. The molecule has 0 unspecified atom stereocenters. The fourth-order valence-corrected chi connectivity index (χ4v) is 2.97. The van der Waals surface area contributed by atoms with Gasteiger partial charge in [-0.3, -0.25) is 9.59 Å². The fourth-order valence-electron chi connectivity index (χ4n) is 2.97. The van der Waals surface area contributed by atoms with Crippen molar-refractivity contribution in [3.63, 3.8) is 0 Å². The number of fused-ring (bicyclic) bond motifs is 1. The van der Waals surface area contributed by atoms with Gasteiger partial charge in [0.1, 0.15) is 0 Å². The molecule has 0 amide bonds. The molecule has 0 aromatic heterocycles. The molecule has 2 aliphatic carbocycles. The van der Waals surface area contributed by atoms with Crippen molar-refractivity contribution >= 4 is 11.8 Å². The Bertz CT molecular complexity index is 272. The molecule has 0 N–H and O–H groups in total.